The zero-order valence-electron chi connectivity index (χ0n) is 21.1. The van der Waals surface area contributed by atoms with E-state index >= 15 is 0 Å². The molecule has 0 bridgehead atoms. The van der Waals surface area contributed by atoms with E-state index < -0.39 is 11.8 Å². The fourth-order valence-electron chi connectivity index (χ4n) is 3.29. The van der Waals surface area contributed by atoms with Crippen LogP contribution >= 0.6 is 11.6 Å². The number of nitrogens with one attached hydrogen (secondary N) is 2. The summed E-state index contributed by atoms with van der Waals surface area (Å²) in [5.41, 5.74) is 5.12. The largest absolute Gasteiger partial charge is 0.493 e. The average molecular weight is 521 g/mol. The molecule has 2 amide bonds. The monoisotopic (exact) mass is 520 g/mol. The van der Waals surface area contributed by atoms with Crippen LogP contribution in [-0.4, -0.2) is 45.8 Å². The molecule has 0 fully saturated rings. The molecule has 3 aromatic carbocycles. The Kier molecular flexibility index (Phi) is 9.69. The molecule has 2 N–H and O–H groups in total. The third-order valence-corrected chi connectivity index (χ3v) is 5.53. The van der Waals surface area contributed by atoms with Gasteiger partial charge in [-0.1, -0.05) is 35.9 Å². The van der Waals surface area contributed by atoms with E-state index in [1.54, 1.807) is 55.7 Å². The van der Waals surface area contributed by atoms with Crippen molar-refractivity contribution in [1.29, 1.82) is 0 Å². The predicted octanol–water partition coefficient (Wildman–Crippen LogP) is 4.73. The first-order valence-electron chi connectivity index (χ1n) is 11.5. The molecule has 0 aromatic heterocycles. The Bertz CT molecular complexity index is 1300. The van der Waals surface area contributed by atoms with Gasteiger partial charge in [0.15, 0.2) is 11.5 Å². The van der Waals surface area contributed by atoms with Crippen LogP contribution in [0.2, 0.25) is 5.02 Å². The minimum absolute atomic E-state index is 0.00365. The molecule has 0 aliphatic rings. The zero-order chi connectivity index (χ0) is 26.8. The van der Waals surface area contributed by atoms with Crippen molar-refractivity contribution in [3.05, 3.63) is 94.1 Å². The standard InChI is InChI=1S/C28H29ClN4O4/c1-5-37-25-15-12-20(17-26(25)36-4)18-30-32-28(35)24(16-19-10-13-21(14-11-19)33(2)3)31-27(34)22-8-6-7-9-23(22)29/h6-18H,5H2,1-4H3,(H,31,34)(H,32,35)/b24-16-,30-18+. The van der Waals surface area contributed by atoms with Gasteiger partial charge in [-0.15, -0.1) is 0 Å². The number of halogens is 1. The van der Waals surface area contributed by atoms with Crippen molar-refractivity contribution in [2.24, 2.45) is 5.10 Å². The van der Waals surface area contributed by atoms with E-state index in [0.29, 0.717) is 23.7 Å². The van der Waals surface area contributed by atoms with E-state index in [9.17, 15) is 9.59 Å². The van der Waals surface area contributed by atoms with Crippen molar-refractivity contribution < 1.29 is 19.1 Å². The zero-order valence-corrected chi connectivity index (χ0v) is 21.9. The highest BCUT2D eigenvalue weighted by Gasteiger charge is 2.16. The van der Waals surface area contributed by atoms with Crippen molar-refractivity contribution in [2.45, 2.75) is 6.92 Å². The summed E-state index contributed by atoms with van der Waals surface area (Å²) in [5, 5.41) is 6.97. The van der Waals surface area contributed by atoms with Crippen molar-refractivity contribution in [2.75, 3.05) is 32.7 Å². The summed E-state index contributed by atoms with van der Waals surface area (Å²) in [5.74, 6) is 0.0354. The number of anilines is 1. The van der Waals surface area contributed by atoms with E-state index in [0.717, 1.165) is 11.3 Å². The molecule has 0 saturated heterocycles. The van der Waals surface area contributed by atoms with Crippen LogP contribution in [0.3, 0.4) is 0 Å². The smallest absolute Gasteiger partial charge is 0.287 e. The molecule has 0 unspecified atom stereocenters. The van der Waals surface area contributed by atoms with Crippen LogP contribution in [0.1, 0.15) is 28.4 Å². The van der Waals surface area contributed by atoms with E-state index in [1.165, 1.54) is 6.21 Å². The first-order chi connectivity index (χ1) is 17.8. The molecular weight excluding hydrogens is 492 g/mol. The van der Waals surface area contributed by atoms with Gasteiger partial charge in [-0.2, -0.15) is 5.10 Å². The van der Waals surface area contributed by atoms with Crippen LogP contribution in [0.4, 0.5) is 5.69 Å². The van der Waals surface area contributed by atoms with Gasteiger partial charge in [0, 0.05) is 19.8 Å². The van der Waals surface area contributed by atoms with Gasteiger partial charge in [0.1, 0.15) is 5.70 Å². The Morgan fingerprint density at radius 2 is 1.70 bits per heavy atom. The summed E-state index contributed by atoms with van der Waals surface area (Å²) in [7, 11) is 5.42. The second-order valence-electron chi connectivity index (χ2n) is 8.02. The van der Waals surface area contributed by atoms with Gasteiger partial charge in [-0.05, 0) is 66.6 Å². The minimum atomic E-state index is -0.605. The Labute approximate surface area is 221 Å². The minimum Gasteiger partial charge on any atom is -0.493 e. The summed E-state index contributed by atoms with van der Waals surface area (Å²) in [6.45, 7) is 2.39. The van der Waals surface area contributed by atoms with E-state index in [-0.39, 0.29) is 16.3 Å². The molecule has 0 radical (unpaired) electrons. The number of methoxy groups -OCH3 is 1. The molecule has 37 heavy (non-hydrogen) atoms. The summed E-state index contributed by atoms with van der Waals surface area (Å²) < 4.78 is 10.9. The maximum Gasteiger partial charge on any atom is 0.287 e. The second kappa shape index (κ2) is 13.1. The average Bonchev–Trinajstić information content (AvgIpc) is 2.89. The Morgan fingerprint density at radius 3 is 2.35 bits per heavy atom. The lowest BCUT2D eigenvalue weighted by Crippen LogP contribution is -2.33. The highest BCUT2D eigenvalue weighted by Crippen LogP contribution is 2.27. The van der Waals surface area contributed by atoms with Crippen LogP contribution < -0.4 is 25.1 Å². The molecule has 0 aliphatic heterocycles. The fraction of sp³-hybridized carbons (Fsp3) is 0.179. The number of hydrogen-bond donors (Lipinski definition) is 2. The number of carbonyl (C=O) groups is 2. The summed E-state index contributed by atoms with van der Waals surface area (Å²) in [6, 6.07) is 19.4. The lowest BCUT2D eigenvalue weighted by Gasteiger charge is -2.13. The lowest BCUT2D eigenvalue weighted by atomic mass is 10.1. The van der Waals surface area contributed by atoms with Crippen molar-refractivity contribution in [1.82, 2.24) is 10.7 Å². The Hall–Kier alpha value is -4.30. The third kappa shape index (κ3) is 7.59. The van der Waals surface area contributed by atoms with Gasteiger partial charge in [0.25, 0.3) is 11.8 Å². The van der Waals surface area contributed by atoms with E-state index in [2.05, 4.69) is 15.8 Å². The second-order valence-corrected chi connectivity index (χ2v) is 8.43. The molecule has 0 saturated carbocycles. The van der Waals surface area contributed by atoms with E-state index in [4.69, 9.17) is 21.1 Å². The number of nitrogens with zero attached hydrogens (tertiary/aromatic N) is 2. The van der Waals surface area contributed by atoms with Gasteiger partial charge in [0.05, 0.1) is 30.5 Å². The van der Waals surface area contributed by atoms with Crippen molar-refractivity contribution in [3.8, 4) is 11.5 Å². The van der Waals surface area contributed by atoms with Gasteiger partial charge < -0.3 is 19.7 Å². The highest BCUT2D eigenvalue weighted by atomic mass is 35.5. The molecule has 3 rings (SSSR count). The molecule has 8 nitrogen and oxygen atoms in total. The summed E-state index contributed by atoms with van der Waals surface area (Å²) in [6.07, 6.45) is 3.04. The SMILES string of the molecule is CCOc1ccc(/C=N/NC(=O)/C(=C/c2ccc(N(C)C)cc2)NC(=O)c2ccccc2Cl)cc1OC. The van der Waals surface area contributed by atoms with Crippen LogP contribution in [0.5, 0.6) is 11.5 Å². The normalized spacial score (nSPS) is 11.2. The Morgan fingerprint density at radius 1 is 1.00 bits per heavy atom. The van der Waals surface area contributed by atoms with Gasteiger partial charge in [0.2, 0.25) is 0 Å². The van der Waals surface area contributed by atoms with Gasteiger partial charge in [-0.25, -0.2) is 5.43 Å². The predicted molar refractivity (Wildman–Crippen MR) is 148 cm³/mol. The quantitative estimate of drug-likeness (QED) is 0.229. The fourth-order valence-corrected chi connectivity index (χ4v) is 3.52. The molecule has 0 aliphatic carbocycles. The molecule has 192 valence electrons. The highest BCUT2D eigenvalue weighted by molar-refractivity contribution is 6.34. The number of carbonyl (C=O) groups excluding carboxylic acids is 2. The summed E-state index contributed by atoms with van der Waals surface area (Å²) >= 11 is 6.17. The number of rotatable bonds is 10. The lowest BCUT2D eigenvalue weighted by molar-refractivity contribution is -0.117. The van der Waals surface area contributed by atoms with E-state index in [1.807, 2.05) is 50.2 Å². The first-order valence-corrected chi connectivity index (χ1v) is 11.9. The first kappa shape index (κ1) is 27.3. The molecule has 0 spiro atoms. The molecule has 0 heterocycles. The van der Waals surface area contributed by atoms with Crippen LogP contribution in [0, 0.1) is 0 Å². The molecular formula is C28H29ClN4O4. The number of benzene rings is 3. The molecule has 3 aromatic rings. The van der Waals surface area contributed by atoms with Crippen molar-refractivity contribution in [3.63, 3.8) is 0 Å². The van der Waals surface area contributed by atoms with Gasteiger partial charge >= 0.3 is 0 Å². The van der Waals surface area contributed by atoms with Crippen LogP contribution in [-0.2, 0) is 4.79 Å². The molecule has 0 atom stereocenters. The maximum absolute atomic E-state index is 13.0. The topological polar surface area (TPSA) is 92.3 Å². The Balaban J connectivity index is 1.83. The molecule has 9 heteroatoms. The number of hydrazone groups is 1. The van der Waals surface area contributed by atoms with Crippen LogP contribution in [0.25, 0.3) is 6.08 Å². The third-order valence-electron chi connectivity index (χ3n) is 5.20. The van der Waals surface area contributed by atoms with Gasteiger partial charge in [-0.3, -0.25) is 9.59 Å². The number of amides is 2. The maximum atomic E-state index is 13.0. The van der Waals surface area contributed by atoms with Crippen LogP contribution in [0.15, 0.2) is 77.5 Å². The van der Waals surface area contributed by atoms with Crippen molar-refractivity contribution >= 4 is 41.4 Å². The number of hydrogen-bond acceptors (Lipinski definition) is 6. The summed E-state index contributed by atoms with van der Waals surface area (Å²) in [4.78, 5) is 27.9. The number of ether oxygens (including phenoxy) is 2.